The highest BCUT2D eigenvalue weighted by molar-refractivity contribution is 4.88. The molecule has 0 radical (unpaired) electrons. The Balaban J connectivity index is 5.18. The average molecular weight is 204 g/mol. The summed E-state index contributed by atoms with van der Waals surface area (Å²) in [6, 6.07) is 0. The predicted octanol–water partition coefficient (Wildman–Crippen LogP) is 1.81. The van der Waals surface area contributed by atoms with Gasteiger partial charge in [-0.05, 0) is 0 Å². The minimum Gasteiger partial charge on any atom is -0.464 e. The summed E-state index contributed by atoms with van der Waals surface area (Å²) in [6.07, 6.45) is 1.81. The summed E-state index contributed by atoms with van der Waals surface area (Å²) in [6.45, 7) is 2.07. The first kappa shape index (κ1) is 6.81. The summed E-state index contributed by atoms with van der Waals surface area (Å²) in [5.74, 6) is -0.902. The molecule has 0 heterocycles. The zero-order valence-electron chi connectivity index (χ0n) is 12.2. The fourth-order valence-electron chi connectivity index (χ4n) is 0.524. The van der Waals surface area contributed by atoms with Gasteiger partial charge in [-0.1, -0.05) is 25.3 Å². The standard InChI is InChI=1S/C10H16O4/c1-5-7-13-9(11-3)10(12-4)14-8-6-2/h5-6H,1-2,7-8H2,3-4H3/b10-9+/i7D2,8D2. The lowest BCUT2D eigenvalue weighted by molar-refractivity contribution is -0.00890. The maximum atomic E-state index is 7.34. The van der Waals surface area contributed by atoms with Gasteiger partial charge < -0.3 is 18.9 Å². The molecule has 0 aliphatic carbocycles. The van der Waals surface area contributed by atoms with Gasteiger partial charge in [0.25, 0.3) is 0 Å². The molecule has 0 aromatic carbocycles. The molecule has 0 amide bonds. The molecule has 4 heteroatoms. The highest BCUT2D eigenvalue weighted by atomic mass is 16.7. The molecule has 0 fully saturated rings. The first-order chi connectivity index (χ1) is 8.21. The Kier molecular flexibility index (Phi) is 3.91. The number of hydrogen-bond acceptors (Lipinski definition) is 4. The van der Waals surface area contributed by atoms with E-state index in [0.717, 1.165) is 12.2 Å². The third-order valence-electron chi connectivity index (χ3n) is 1.01. The van der Waals surface area contributed by atoms with Crippen LogP contribution in [0.5, 0.6) is 0 Å². The molecule has 0 atom stereocenters. The van der Waals surface area contributed by atoms with Gasteiger partial charge in [0.15, 0.2) is 0 Å². The third kappa shape index (κ3) is 4.45. The second kappa shape index (κ2) is 8.04. The van der Waals surface area contributed by atoms with Crippen LogP contribution in [0.2, 0.25) is 0 Å². The average Bonchev–Trinajstić information content (AvgIpc) is 2.33. The molecule has 0 saturated carbocycles. The van der Waals surface area contributed by atoms with Crippen molar-refractivity contribution in [1.29, 1.82) is 0 Å². The SMILES string of the molecule is [2H]C([2H])(C=C)O/C(OC)=C(\OC)OC([2H])([2H])C=C. The molecule has 80 valence electrons. The van der Waals surface area contributed by atoms with Crippen molar-refractivity contribution in [2.75, 3.05) is 27.3 Å². The largest absolute Gasteiger partial charge is 0.464 e. The fraction of sp³-hybridized carbons (Fsp3) is 0.400. The lowest BCUT2D eigenvalue weighted by Gasteiger charge is -2.12. The Bertz CT molecular complexity index is 307. The molecule has 0 bridgehead atoms. The summed E-state index contributed by atoms with van der Waals surface area (Å²) >= 11 is 0. The Morgan fingerprint density at radius 2 is 1.43 bits per heavy atom. The molecular weight excluding hydrogens is 184 g/mol. The lowest BCUT2D eigenvalue weighted by Crippen LogP contribution is -2.05. The van der Waals surface area contributed by atoms with E-state index >= 15 is 0 Å². The van der Waals surface area contributed by atoms with Gasteiger partial charge >= 0.3 is 11.9 Å². The first-order valence-electron chi connectivity index (χ1n) is 5.69. The summed E-state index contributed by atoms with van der Waals surface area (Å²) in [7, 11) is 2.39. The number of methoxy groups -OCH3 is 2. The van der Waals surface area contributed by atoms with Crippen molar-refractivity contribution in [1.82, 2.24) is 0 Å². The molecule has 0 aliphatic rings. The van der Waals surface area contributed by atoms with E-state index in [1.807, 2.05) is 0 Å². The molecule has 0 aromatic rings. The molecule has 0 unspecified atom stereocenters. The molecule has 0 rings (SSSR count). The van der Waals surface area contributed by atoms with E-state index in [1.165, 1.54) is 14.2 Å². The lowest BCUT2D eigenvalue weighted by atomic mass is 10.7. The smallest absolute Gasteiger partial charge is 0.364 e. The molecule has 0 saturated heterocycles. The number of hydrogen-bond donors (Lipinski definition) is 0. The van der Waals surface area contributed by atoms with Crippen molar-refractivity contribution in [3.8, 4) is 0 Å². The van der Waals surface area contributed by atoms with Crippen LogP contribution in [0.25, 0.3) is 0 Å². The summed E-state index contributed by atoms with van der Waals surface area (Å²) in [5, 5.41) is 0. The Hall–Kier alpha value is -1.58. The van der Waals surface area contributed by atoms with Crippen molar-refractivity contribution < 1.29 is 24.4 Å². The molecule has 0 aromatic heterocycles. The molecule has 14 heavy (non-hydrogen) atoms. The van der Waals surface area contributed by atoms with E-state index in [-0.39, 0.29) is 0 Å². The van der Waals surface area contributed by atoms with Crippen LogP contribution in [0, 0.1) is 0 Å². The van der Waals surface area contributed by atoms with Gasteiger partial charge in [0.2, 0.25) is 0 Å². The highest BCUT2D eigenvalue weighted by Gasteiger charge is 2.10. The van der Waals surface area contributed by atoms with Gasteiger partial charge in [-0.2, -0.15) is 0 Å². The number of ether oxygens (including phenoxy) is 4. The van der Waals surface area contributed by atoms with E-state index < -0.39 is 25.0 Å². The van der Waals surface area contributed by atoms with E-state index in [0.29, 0.717) is 0 Å². The maximum absolute atomic E-state index is 7.34. The van der Waals surface area contributed by atoms with Crippen LogP contribution in [0.15, 0.2) is 37.2 Å². The Labute approximate surface area is 90.0 Å². The predicted molar refractivity (Wildman–Crippen MR) is 53.3 cm³/mol. The van der Waals surface area contributed by atoms with Crippen molar-refractivity contribution in [3.05, 3.63) is 37.2 Å². The summed E-state index contributed by atoms with van der Waals surface area (Å²) < 4.78 is 48.5. The quantitative estimate of drug-likeness (QED) is 0.446. The second-order valence-corrected chi connectivity index (χ2v) is 1.83. The minimum atomic E-state index is -2.21. The molecule has 0 spiro atoms. The fourth-order valence-corrected chi connectivity index (χ4v) is 0.524. The monoisotopic (exact) mass is 204 g/mol. The van der Waals surface area contributed by atoms with Crippen molar-refractivity contribution >= 4 is 0 Å². The molecule has 4 nitrogen and oxygen atoms in total. The molecule has 0 aliphatic heterocycles. The topological polar surface area (TPSA) is 36.9 Å². The van der Waals surface area contributed by atoms with Gasteiger partial charge in [-0.15, -0.1) is 0 Å². The van der Waals surface area contributed by atoms with Crippen molar-refractivity contribution in [2.24, 2.45) is 0 Å². The molecular formula is C10H16O4. The van der Waals surface area contributed by atoms with Crippen LogP contribution >= 0.6 is 0 Å². The minimum absolute atomic E-state index is 0.451. The van der Waals surface area contributed by atoms with Gasteiger partial charge in [-0.25, -0.2) is 0 Å². The van der Waals surface area contributed by atoms with E-state index in [2.05, 4.69) is 13.2 Å². The van der Waals surface area contributed by atoms with Gasteiger partial charge in [0.1, 0.15) is 13.1 Å². The van der Waals surface area contributed by atoms with Gasteiger partial charge in [0, 0.05) is 0 Å². The van der Waals surface area contributed by atoms with Crippen LogP contribution in [-0.2, 0) is 18.9 Å². The van der Waals surface area contributed by atoms with Crippen LogP contribution in [0.4, 0.5) is 0 Å². The van der Waals surface area contributed by atoms with Crippen LogP contribution in [0.1, 0.15) is 5.48 Å². The van der Waals surface area contributed by atoms with Crippen molar-refractivity contribution in [2.45, 2.75) is 0 Å². The summed E-state index contributed by atoms with van der Waals surface area (Å²) in [5.41, 5.74) is 0. The zero-order chi connectivity index (χ0) is 14.4. The van der Waals surface area contributed by atoms with Gasteiger partial charge in [-0.3, -0.25) is 0 Å². The normalized spacial score (nSPS) is 17.3. The number of rotatable bonds is 8. The van der Waals surface area contributed by atoms with Gasteiger partial charge in [0.05, 0.1) is 19.7 Å². The van der Waals surface area contributed by atoms with Crippen LogP contribution < -0.4 is 0 Å². The van der Waals surface area contributed by atoms with E-state index in [9.17, 15) is 0 Å². The van der Waals surface area contributed by atoms with Crippen molar-refractivity contribution in [3.63, 3.8) is 0 Å². The third-order valence-corrected chi connectivity index (χ3v) is 1.01. The Morgan fingerprint density at radius 3 is 1.64 bits per heavy atom. The van der Waals surface area contributed by atoms with E-state index in [4.69, 9.17) is 24.4 Å². The summed E-state index contributed by atoms with van der Waals surface area (Å²) in [4.78, 5) is 0. The first-order valence-corrected chi connectivity index (χ1v) is 3.69. The maximum Gasteiger partial charge on any atom is 0.364 e. The zero-order valence-corrected chi connectivity index (χ0v) is 8.20. The molecule has 0 N–H and O–H groups in total. The van der Waals surface area contributed by atoms with E-state index in [1.54, 1.807) is 0 Å². The second-order valence-electron chi connectivity index (χ2n) is 1.83. The Morgan fingerprint density at radius 1 is 1.07 bits per heavy atom. The van der Waals surface area contributed by atoms with Crippen LogP contribution in [0.3, 0.4) is 0 Å². The van der Waals surface area contributed by atoms with Crippen LogP contribution in [-0.4, -0.2) is 27.3 Å². The highest BCUT2D eigenvalue weighted by Crippen LogP contribution is 2.09.